The van der Waals surface area contributed by atoms with E-state index in [9.17, 15) is 0 Å². The summed E-state index contributed by atoms with van der Waals surface area (Å²) in [5.74, 6) is 0. The first kappa shape index (κ1) is 10.5. The predicted octanol–water partition coefficient (Wildman–Crippen LogP) is 3.90. The van der Waals surface area contributed by atoms with E-state index >= 15 is 0 Å². The Morgan fingerprint density at radius 2 is 1.82 bits per heavy atom. The van der Waals surface area contributed by atoms with Crippen LogP contribution in [0, 0.1) is 6.92 Å². The van der Waals surface area contributed by atoms with Crippen molar-refractivity contribution in [1.82, 2.24) is 0 Å². The molecule has 0 aliphatic carbocycles. The standard InChI is InChI=1S/C11H19/c1-3-5-7-9-11-10-8-6-4-2/h5,7,10-11H,1,3-4,6,8-9H2,2H3. The van der Waals surface area contributed by atoms with E-state index in [1.165, 1.54) is 19.3 Å². The first-order valence-corrected chi connectivity index (χ1v) is 4.51. The van der Waals surface area contributed by atoms with Crippen molar-refractivity contribution in [2.24, 2.45) is 0 Å². The van der Waals surface area contributed by atoms with E-state index in [0.29, 0.717) is 0 Å². The van der Waals surface area contributed by atoms with Gasteiger partial charge >= 0.3 is 0 Å². The summed E-state index contributed by atoms with van der Waals surface area (Å²) in [5.41, 5.74) is 0. The molecule has 0 fully saturated rings. The van der Waals surface area contributed by atoms with Gasteiger partial charge in [0.1, 0.15) is 0 Å². The highest BCUT2D eigenvalue weighted by atomic mass is 13.8. The van der Waals surface area contributed by atoms with Gasteiger partial charge < -0.3 is 0 Å². The lowest BCUT2D eigenvalue weighted by atomic mass is 10.2. The van der Waals surface area contributed by atoms with E-state index in [4.69, 9.17) is 0 Å². The van der Waals surface area contributed by atoms with E-state index in [0.717, 1.165) is 12.8 Å². The average molecular weight is 151 g/mol. The monoisotopic (exact) mass is 151 g/mol. The maximum absolute atomic E-state index is 3.72. The third-order valence-corrected chi connectivity index (χ3v) is 1.50. The fourth-order valence-corrected chi connectivity index (χ4v) is 0.829. The molecule has 0 aromatic carbocycles. The van der Waals surface area contributed by atoms with Crippen molar-refractivity contribution in [3.8, 4) is 0 Å². The fourth-order valence-electron chi connectivity index (χ4n) is 0.829. The zero-order chi connectivity index (χ0) is 8.36. The van der Waals surface area contributed by atoms with Gasteiger partial charge in [-0.25, -0.2) is 0 Å². The van der Waals surface area contributed by atoms with Gasteiger partial charge in [0.15, 0.2) is 0 Å². The van der Waals surface area contributed by atoms with Gasteiger partial charge in [0.05, 0.1) is 0 Å². The van der Waals surface area contributed by atoms with Crippen molar-refractivity contribution in [2.75, 3.05) is 0 Å². The van der Waals surface area contributed by atoms with Crippen molar-refractivity contribution in [3.05, 3.63) is 31.2 Å². The zero-order valence-electron chi connectivity index (χ0n) is 7.55. The van der Waals surface area contributed by atoms with E-state index in [2.05, 4.69) is 38.2 Å². The molecule has 0 heteroatoms. The molecule has 0 aromatic heterocycles. The summed E-state index contributed by atoms with van der Waals surface area (Å²) in [6, 6.07) is 0. The molecule has 0 atom stereocenters. The largest absolute Gasteiger partial charge is 0.0882 e. The summed E-state index contributed by atoms with van der Waals surface area (Å²) in [6.45, 7) is 5.94. The van der Waals surface area contributed by atoms with Gasteiger partial charge in [0.2, 0.25) is 0 Å². The van der Waals surface area contributed by atoms with Crippen LogP contribution in [0.4, 0.5) is 0 Å². The van der Waals surface area contributed by atoms with Crippen LogP contribution in [0.25, 0.3) is 0 Å². The molecule has 0 aromatic rings. The van der Waals surface area contributed by atoms with Crippen molar-refractivity contribution in [2.45, 2.75) is 39.0 Å². The summed E-state index contributed by atoms with van der Waals surface area (Å²) >= 11 is 0. The van der Waals surface area contributed by atoms with Gasteiger partial charge in [-0.3, -0.25) is 0 Å². The van der Waals surface area contributed by atoms with Gasteiger partial charge in [0, 0.05) is 0 Å². The van der Waals surface area contributed by atoms with Crippen molar-refractivity contribution in [1.29, 1.82) is 0 Å². The molecular weight excluding hydrogens is 132 g/mol. The Morgan fingerprint density at radius 1 is 1.09 bits per heavy atom. The molecule has 1 radical (unpaired) electrons. The minimum absolute atomic E-state index is 0.906. The molecule has 63 valence electrons. The number of rotatable bonds is 6. The summed E-state index contributed by atoms with van der Waals surface area (Å²) in [4.78, 5) is 0. The normalized spacial score (nSPS) is 11.8. The van der Waals surface area contributed by atoms with E-state index in [1.807, 2.05) is 0 Å². The highest BCUT2D eigenvalue weighted by Gasteiger charge is 1.76. The Bertz CT molecular complexity index is 109. The Balaban J connectivity index is 3.09. The van der Waals surface area contributed by atoms with Crippen LogP contribution in [0.2, 0.25) is 0 Å². The van der Waals surface area contributed by atoms with Gasteiger partial charge in [0.25, 0.3) is 0 Å². The van der Waals surface area contributed by atoms with Crippen LogP contribution < -0.4 is 0 Å². The molecule has 0 spiro atoms. The van der Waals surface area contributed by atoms with Crippen molar-refractivity contribution < 1.29 is 0 Å². The van der Waals surface area contributed by atoms with Crippen LogP contribution in [0.1, 0.15) is 39.0 Å². The lowest BCUT2D eigenvalue weighted by molar-refractivity contribution is 0.813. The second-order valence-electron chi connectivity index (χ2n) is 2.61. The van der Waals surface area contributed by atoms with Crippen LogP contribution in [0.15, 0.2) is 24.3 Å². The molecule has 0 unspecified atom stereocenters. The number of hydrogen-bond donors (Lipinski definition) is 0. The molecule has 0 amide bonds. The first-order valence-electron chi connectivity index (χ1n) is 4.51. The molecule has 0 nitrogen and oxygen atoms in total. The molecule has 0 heterocycles. The minimum atomic E-state index is 0.906. The summed E-state index contributed by atoms with van der Waals surface area (Å²) in [7, 11) is 0. The zero-order valence-corrected chi connectivity index (χ0v) is 7.55. The van der Waals surface area contributed by atoms with Crippen LogP contribution in [-0.2, 0) is 0 Å². The van der Waals surface area contributed by atoms with Crippen molar-refractivity contribution in [3.63, 3.8) is 0 Å². The molecular formula is C11H19. The molecule has 0 saturated carbocycles. The van der Waals surface area contributed by atoms with Gasteiger partial charge in [-0.05, 0) is 26.2 Å². The van der Waals surface area contributed by atoms with E-state index in [-0.39, 0.29) is 0 Å². The SMILES string of the molecule is [CH2]CC=CCC=CCCCC. The fraction of sp³-hybridized carbons (Fsp3) is 0.545. The van der Waals surface area contributed by atoms with Crippen LogP contribution in [-0.4, -0.2) is 0 Å². The van der Waals surface area contributed by atoms with Crippen LogP contribution >= 0.6 is 0 Å². The van der Waals surface area contributed by atoms with E-state index in [1.54, 1.807) is 0 Å². The van der Waals surface area contributed by atoms with Gasteiger partial charge in [-0.15, -0.1) is 0 Å². The minimum Gasteiger partial charge on any atom is -0.0882 e. The molecule has 0 aliphatic rings. The lowest BCUT2D eigenvalue weighted by Crippen LogP contribution is -1.66. The lowest BCUT2D eigenvalue weighted by Gasteiger charge is -1.86. The Hall–Kier alpha value is -0.520. The van der Waals surface area contributed by atoms with Gasteiger partial charge in [-0.2, -0.15) is 0 Å². The average Bonchev–Trinajstić information content (AvgIpc) is 2.03. The third kappa shape index (κ3) is 9.48. The quantitative estimate of drug-likeness (QED) is 0.399. The third-order valence-electron chi connectivity index (χ3n) is 1.50. The van der Waals surface area contributed by atoms with Crippen LogP contribution in [0.3, 0.4) is 0 Å². The topological polar surface area (TPSA) is 0 Å². The Morgan fingerprint density at radius 3 is 2.45 bits per heavy atom. The molecule has 0 saturated heterocycles. The maximum atomic E-state index is 3.72. The molecule has 11 heavy (non-hydrogen) atoms. The summed E-state index contributed by atoms with van der Waals surface area (Å²) in [5, 5.41) is 0. The summed E-state index contributed by atoms with van der Waals surface area (Å²) < 4.78 is 0. The Labute approximate surface area is 71.0 Å². The Kier molecular flexibility index (Phi) is 9.03. The maximum Gasteiger partial charge on any atom is -0.0169 e. The first-order chi connectivity index (χ1) is 5.41. The van der Waals surface area contributed by atoms with Gasteiger partial charge in [-0.1, -0.05) is 44.1 Å². The summed E-state index contributed by atoms with van der Waals surface area (Å²) in [6.07, 6.45) is 14.6. The number of unbranched alkanes of at least 4 members (excludes halogenated alkanes) is 2. The molecule has 0 aliphatic heterocycles. The highest BCUT2D eigenvalue weighted by molar-refractivity contribution is 4.92. The highest BCUT2D eigenvalue weighted by Crippen LogP contribution is 1.96. The van der Waals surface area contributed by atoms with Crippen molar-refractivity contribution >= 4 is 0 Å². The smallest absolute Gasteiger partial charge is 0.0169 e. The van der Waals surface area contributed by atoms with Crippen LogP contribution in [0.5, 0.6) is 0 Å². The molecule has 0 rings (SSSR count). The number of allylic oxidation sites excluding steroid dienone is 4. The predicted molar refractivity (Wildman–Crippen MR) is 52.4 cm³/mol. The number of hydrogen-bond acceptors (Lipinski definition) is 0. The second kappa shape index (κ2) is 9.48. The molecule has 0 N–H and O–H groups in total. The second-order valence-corrected chi connectivity index (χ2v) is 2.61. The molecule has 0 bridgehead atoms. The van der Waals surface area contributed by atoms with E-state index < -0.39 is 0 Å².